The predicted molar refractivity (Wildman–Crippen MR) is 63.8 cm³/mol. The van der Waals surface area contributed by atoms with Crippen molar-refractivity contribution in [3.63, 3.8) is 0 Å². The van der Waals surface area contributed by atoms with E-state index in [0.29, 0.717) is 12.8 Å². The molecule has 0 bridgehead atoms. The molecule has 0 aliphatic carbocycles. The maximum Gasteiger partial charge on any atom is 0.326 e. The number of urea groups is 1. The van der Waals surface area contributed by atoms with Gasteiger partial charge in [-0.15, -0.1) is 0 Å². The molecule has 5 heteroatoms. The van der Waals surface area contributed by atoms with Gasteiger partial charge in [-0.25, -0.2) is 9.59 Å². The van der Waals surface area contributed by atoms with E-state index in [9.17, 15) is 9.59 Å². The third-order valence-corrected chi connectivity index (χ3v) is 2.39. The van der Waals surface area contributed by atoms with Crippen LogP contribution in [0.15, 0.2) is 30.3 Å². The number of benzene rings is 1. The molecule has 1 aromatic rings. The van der Waals surface area contributed by atoms with Crippen LogP contribution < -0.4 is 10.6 Å². The summed E-state index contributed by atoms with van der Waals surface area (Å²) in [6.45, 7) is 0. The molecule has 1 aromatic carbocycles. The van der Waals surface area contributed by atoms with Crippen LogP contribution in [-0.2, 0) is 11.2 Å². The van der Waals surface area contributed by atoms with E-state index in [2.05, 4.69) is 10.6 Å². The first-order chi connectivity index (χ1) is 8.13. The fraction of sp³-hybridized carbons (Fsp3) is 0.333. The zero-order chi connectivity index (χ0) is 12.7. The van der Waals surface area contributed by atoms with E-state index in [0.717, 1.165) is 5.56 Å². The van der Waals surface area contributed by atoms with Gasteiger partial charge in [0.2, 0.25) is 0 Å². The van der Waals surface area contributed by atoms with Crippen molar-refractivity contribution in [2.45, 2.75) is 18.9 Å². The number of amides is 2. The molecule has 1 atom stereocenters. The maximum absolute atomic E-state index is 11.1. The van der Waals surface area contributed by atoms with Crippen LogP contribution >= 0.6 is 0 Å². The second-order valence-electron chi connectivity index (χ2n) is 3.64. The lowest BCUT2D eigenvalue weighted by Gasteiger charge is -2.13. The van der Waals surface area contributed by atoms with Crippen LogP contribution in [0.2, 0.25) is 0 Å². The maximum atomic E-state index is 11.1. The molecule has 0 radical (unpaired) electrons. The van der Waals surface area contributed by atoms with Crippen LogP contribution in [0.1, 0.15) is 12.0 Å². The van der Waals surface area contributed by atoms with E-state index in [-0.39, 0.29) is 0 Å². The van der Waals surface area contributed by atoms with Crippen molar-refractivity contribution in [2.24, 2.45) is 0 Å². The van der Waals surface area contributed by atoms with Crippen LogP contribution in [0, 0.1) is 0 Å². The summed E-state index contributed by atoms with van der Waals surface area (Å²) in [4.78, 5) is 22.0. The van der Waals surface area contributed by atoms with Crippen LogP contribution in [0.5, 0.6) is 0 Å². The summed E-state index contributed by atoms with van der Waals surface area (Å²) in [5, 5.41) is 13.7. The molecule has 0 aliphatic heterocycles. The largest absolute Gasteiger partial charge is 0.480 e. The van der Waals surface area contributed by atoms with E-state index < -0.39 is 18.0 Å². The van der Waals surface area contributed by atoms with Gasteiger partial charge in [-0.05, 0) is 18.4 Å². The van der Waals surface area contributed by atoms with E-state index in [1.165, 1.54) is 7.05 Å². The molecule has 0 aliphatic rings. The topological polar surface area (TPSA) is 78.4 Å². The molecule has 0 aromatic heterocycles. The van der Waals surface area contributed by atoms with Gasteiger partial charge in [-0.3, -0.25) is 0 Å². The smallest absolute Gasteiger partial charge is 0.326 e. The third kappa shape index (κ3) is 4.55. The van der Waals surface area contributed by atoms with Crippen molar-refractivity contribution in [2.75, 3.05) is 7.05 Å². The van der Waals surface area contributed by atoms with E-state index >= 15 is 0 Å². The number of carbonyl (C=O) groups is 2. The number of carbonyl (C=O) groups excluding carboxylic acids is 1. The Bertz CT molecular complexity index is 379. The van der Waals surface area contributed by atoms with E-state index in [1.807, 2.05) is 30.3 Å². The molecule has 17 heavy (non-hydrogen) atoms. The van der Waals surface area contributed by atoms with Gasteiger partial charge in [0.25, 0.3) is 0 Å². The minimum Gasteiger partial charge on any atom is -0.480 e. The predicted octanol–water partition coefficient (Wildman–Crippen LogP) is 1.00. The summed E-state index contributed by atoms with van der Waals surface area (Å²) in [7, 11) is 1.45. The highest BCUT2D eigenvalue weighted by atomic mass is 16.4. The molecule has 0 heterocycles. The first kappa shape index (κ1) is 13.0. The standard InChI is InChI=1S/C12H16N2O3/c1-13-12(17)14-10(11(15)16)8-7-9-5-3-2-4-6-9/h2-6,10H,7-8H2,1H3,(H,15,16)(H2,13,14,17)/t10-/m0/s1. The van der Waals surface area contributed by atoms with Gasteiger partial charge in [-0.2, -0.15) is 0 Å². The summed E-state index contributed by atoms with van der Waals surface area (Å²) >= 11 is 0. The number of carboxylic acid groups (broad SMARTS) is 1. The lowest BCUT2D eigenvalue weighted by molar-refractivity contribution is -0.139. The number of aliphatic carboxylic acids is 1. The van der Waals surface area contributed by atoms with Crippen LogP contribution in [0.3, 0.4) is 0 Å². The summed E-state index contributed by atoms with van der Waals surface area (Å²) < 4.78 is 0. The number of hydrogen-bond acceptors (Lipinski definition) is 2. The first-order valence-corrected chi connectivity index (χ1v) is 5.38. The SMILES string of the molecule is CNC(=O)N[C@@H](CCc1ccccc1)C(=O)O. The van der Waals surface area contributed by atoms with Crippen LogP contribution in [0.25, 0.3) is 0 Å². The lowest BCUT2D eigenvalue weighted by Crippen LogP contribution is -2.45. The zero-order valence-corrected chi connectivity index (χ0v) is 9.64. The van der Waals surface area contributed by atoms with Crippen LogP contribution in [0.4, 0.5) is 4.79 Å². The van der Waals surface area contributed by atoms with Crippen molar-refractivity contribution < 1.29 is 14.7 Å². The summed E-state index contributed by atoms with van der Waals surface area (Å²) in [6.07, 6.45) is 0.981. The molecule has 0 fully saturated rings. The number of hydrogen-bond donors (Lipinski definition) is 3. The van der Waals surface area contributed by atoms with Gasteiger partial charge < -0.3 is 15.7 Å². The van der Waals surface area contributed by atoms with E-state index in [1.54, 1.807) is 0 Å². The Labute approximate surface area is 99.8 Å². The second-order valence-corrected chi connectivity index (χ2v) is 3.64. The molecule has 5 nitrogen and oxygen atoms in total. The van der Waals surface area contributed by atoms with Gasteiger partial charge in [0.1, 0.15) is 6.04 Å². The van der Waals surface area contributed by atoms with Crippen molar-refractivity contribution >= 4 is 12.0 Å². The van der Waals surface area contributed by atoms with Crippen molar-refractivity contribution in [3.8, 4) is 0 Å². The fourth-order valence-electron chi connectivity index (χ4n) is 1.44. The third-order valence-electron chi connectivity index (χ3n) is 2.39. The summed E-state index contributed by atoms with van der Waals surface area (Å²) in [5.41, 5.74) is 1.05. The Balaban J connectivity index is 2.50. The molecule has 0 saturated heterocycles. The minimum atomic E-state index is -1.02. The Morgan fingerprint density at radius 3 is 2.47 bits per heavy atom. The summed E-state index contributed by atoms with van der Waals surface area (Å²) in [6, 6.07) is 8.22. The minimum absolute atomic E-state index is 0.368. The number of rotatable bonds is 5. The highest BCUT2D eigenvalue weighted by molar-refractivity contribution is 5.82. The average molecular weight is 236 g/mol. The van der Waals surface area contributed by atoms with Gasteiger partial charge >= 0.3 is 12.0 Å². The van der Waals surface area contributed by atoms with Crippen molar-refractivity contribution in [3.05, 3.63) is 35.9 Å². The molecule has 0 saturated carbocycles. The van der Waals surface area contributed by atoms with E-state index in [4.69, 9.17) is 5.11 Å². The fourth-order valence-corrected chi connectivity index (χ4v) is 1.44. The van der Waals surface area contributed by atoms with Crippen molar-refractivity contribution in [1.29, 1.82) is 0 Å². The average Bonchev–Trinajstić information content (AvgIpc) is 2.35. The van der Waals surface area contributed by atoms with Gasteiger partial charge in [0.15, 0.2) is 0 Å². The van der Waals surface area contributed by atoms with Gasteiger partial charge in [0, 0.05) is 7.05 Å². The highest BCUT2D eigenvalue weighted by Crippen LogP contribution is 2.05. The Hall–Kier alpha value is -2.04. The normalized spacial score (nSPS) is 11.6. The lowest BCUT2D eigenvalue weighted by atomic mass is 10.1. The summed E-state index contributed by atoms with van der Waals surface area (Å²) in [5.74, 6) is -1.02. The monoisotopic (exact) mass is 236 g/mol. The highest BCUT2D eigenvalue weighted by Gasteiger charge is 2.18. The quantitative estimate of drug-likeness (QED) is 0.713. The molecule has 92 valence electrons. The van der Waals surface area contributed by atoms with Crippen LogP contribution in [-0.4, -0.2) is 30.2 Å². The molecular weight excluding hydrogens is 220 g/mol. The molecule has 0 spiro atoms. The number of carboxylic acids is 1. The van der Waals surface area contributed by atoms with Gasteiger partial charge in [0.05, 0.1) is 0 Å². The number of aryl methyl sites for hydroxylation is 1. The zero-order valence-electron chi connectivity index (χ0n) is 9.64. The Morgan fingerprint density at radius 2 is 1.94 bits per heavy atom. The molecule has 1 rings (SSSR count). The first-order valence-electron chi connectivity index (χ1n) is 5.38. The second kappa shape index (κ2) is 6.52. The van der Waals surface area contributed by atoms with Gasteiger partial charge in [-0.1, -0.05) is 30.3 Å². The molecule has 2 amide bonds. The van der Waals surface area contributed by atoms with Crippen molar-refractivity contribution in [1.82, 2.24) is 10.6 Å². The molecule has 3 N–H and O–H groups in total. The number of nitrogens with one attached hydrogen (secondary N) is 2. The molecular formula is C12H16N2O3. The molecule has 0 unspecified atom stereocenters. The Morgan fingerprint density at radius 1 is 1.29 bits per heavy atom. The Kier molecular flexibility index (Phi) is 5.00.